The third kappa shape index (κ3) is 7.08. The number of hydrogen-bond donors (Lipinski definition) is 1. The van der Waals surface area contributed by atoms with Gasteiger partial charge in [-0.1, -0.05) is 54.1 Å². The minimum atomic E-state index is -0.654. The van der Waals surface area contributed by atoms with Crippen molar-refractivity contribution < 1.29 is 14.3 Å². The average molecular weight is 536 g/mol. The van der Waals surface area contributed by atoms with Crippen LogP contribution in [0.5, 0.6) is 5.75 Å². The van der Waals surface area contributed by atoms with Crippen LogP contribution in [0.25, 0.3) is 0 Å². The Bertz CT molecular complexity index is 1220. The second kappa shape index (κ2) is 12.7. The standard InChI is InChI=1S/C29H30ClN3O3S/c1-2-36-25-14-12-24(13-15-25)31-27(34)20-26-28(35)33(19-17-21-6-4-3-5-7-21)29(37)32(26)18-16-22-8-10-23(30)11-9-22/h3-15,26H,2,16-20H2,1H3,(H,31,34)/t26-/m0/s1. The van der Waals surface area contributed by atoms with Crippen molar-refractivity contribution in [1.82, 2.24) is 9.80 Å². The van der Waals surface area contributed by atoms with E-state index in [1.807, 2.05) is 66.4 Å². The topological polar surface area (TPSA) is 61.9 Å². The van der Waals surface area contributed by atoms with Gasteiger partial charge in [0.2, 0.25) is 5.91 Å². The zero-order valence-electron chi connectivity index (χ0n) is 20.7. The normalized spacial score (nSPS) is 15.2. The van der Waals surface area contributed by atoms with E-state index in [0.717, 1.165) is 16.9 Å². The number of halogens is 1. The lowest BCUT2D eigenvalue weighted by Crippen LogP contribution is -2.39. The summed E-state index contributed by atoms with van der Waals surface area (Å²) in [6.07, 6.45) is 1.37. The van der Waals surface area contributed by atoms with Gasteiger partial charge >= 0.3 is 0 Å². The van der Waals surface area contributed by atoms with Crippen molar-refractivity contribution in [1.29, 1.82) is 0 Å². The molecule has 1 heterocycles. The summed E-state index contributed by atoms with van der Waals surface area (Å²) in [5, 5.41) is 4.04. The smallest absolute Gasteiger partial charge is 0.252 e. The van der Waals surface area contributed by atoms with Gasteiger partial charge in [0.1, 0.15) is 11.8 Å². The Kier molecular flexibility index (Phi) is 9.14. The van der Waals surface area contributed by atoms with E-state index in [4.69, 9.17) is 28.6 Å². The molecule has 0 aliphatic carbocycles. The number of carbonyl (C=O) groups excluding carboxylic acids is 2. The maximum absolute atomic E-state index is 13.5. The molecule has 1 aliphatic heterocycles. The van der Waals surface area contributed by atoms with Crippen LogP contribution in [0.2, 0.25) is 5.02 Å². The molecule has 1 atom stereocenters. The molecule has 2 amide bonds. The number of amides is 2. The van der Waals surface area contributed by atoms with Gasteiger partial charge in [-0.05, 0) is 79.5 Å². The van der Waals surface area contributed by atoms with Gasteiger partial charge in [-0.15, -0.1) is 0 Å². The maximum Gasteiger partial charge on any atom is 0.252 e. The van der Waals surface area contributed by atoms with Crippen molar-refractivity contribution in [2.75, 3.05) is 25.0 Å². The number of rotatable bonds is 11. The number of ether oxygens (including phenoxy) is 1. The van der Waals surface area contributed by atoms with Crippen molar-refractivity contribution >= 4 is 46.4 Å². The van der Waals surface area contributed by atoms with Gasteiger partial charge in [-0.25, -0.2) is 0 Å². The third-order valence-corrected chi connectivity index (χ3v) is 6.96. The number of benzene rings is 3. The molecule has 0 unspecified atom stereocenters. The SMILES string of the molecule is CCOc1ccc(NC(=O)C[C@H]2C(=O)N(CCc3ccccc3)C(=S)N2CCc2ccc(Cl)cc2)cc1. The minimum Gasteiger partial charge on any atom is -0.494 e. The van der Waals surface area contributed by atoms with Gasteiger partial charge in [0, 0.05) is 23.8 Å². The fourth-order valence-electron chi connectivity index (χ4n) is 4.33. The Morgan fingerprint density at radius 1 is 0.946 bits per heavy atom. The van der Waals surface area contributed by atoms with E-state index in [1.54, 1.807) is 29.2 Å². The summed E-state index contributed by atoms with van der Waals surface area (Å²) in [5.41, 5.74) is 2.86. The van der Waals surface area contributed by atoms with E-state index in [2.05, 4.69) is 5.32 Å². The van der Waals surface area contributed by atoms with Crippen molar-refractivity contribution in [3.05, 3.63) is 95.0 Å². The quantitative estimate of drug-likeness (QED) is 0.335. The Morgan fingerprint density at radius 3 is 2.27 bits per heavy atom. The van der Waals surface area contributed by atoms with E-state index < -0.39 is 6.04 Å². The first kappa shape index (κ1) is 26.6. The second-order valence-electron chi connectivity index (χ2n) is 8.80. The molecule has 8 heteroatoms. The molecule has 6 nitrogen and oxygen atoms in total. The van der Waals surface area contributed by atoms with Crippen LogP contribution in [0.3, 0.4) is 0 Å². The van der Waals surface area contributed by atoms with Crippen LogP contribution < -0.4 is 10.1 Å². The van der Waals surface area contributed by atoms with Crippen LogP contribution >= 0.6 is 23.8 Å². The van der Waals surface area contributed by atoms with Crippen LogP contribution in [0.1, 0.15) is 24.5 Å². The Morgan fingerprint density at radius 2 is 1.59 bits per heavy atom. The molecule has 4 rings (SSSR count). The van der Waals surface area contributed by atoms with Crippen molar-refractivity contribution in [2.45, 2.75) is 32.2 Å². The van der Waals surface area contributed by atoms with Crippen molar-refractivity contribution in [3.63, 3.8) is 0 Å². The van der Waals surface area contributed by atoms with Gasteiger partial charge in [-0.2, -0.15) is 0 Å². The lowest BCUT2D eigenvalue weighted by Gasteiger charge is -2.24. The third-order valence-electron chi connectivity index (χ3n) is 6.25. The summed E-state index contributed by atoms with van der Waals surface area (Å²) in [4.78, 5) is 30.0. The van der Waals surface area contributed by atoms with Crippen molar-refractivity contribution in [2.24, 2.45) is 0 Å². The molecule has 37 heavy (non-hydrogen) atoms. The predicted octanol–water partition coefficient (Wildman–Crippen LogP) is 5.35. The van der Waals surface area contributed by atoms with E-state index in [1.165, 1.54) is 0 Å². The molecule has 1 N–H and O–H groups in total. The van der Waals surface area contributed by atoms with Crippen molar-refractivity contribution in [3.8, 4) is 5.75 Å². The summed E-state index contributed by atoms with van der Waals surface area (Å²) in [6, 6.07) is 24.1. The predicted molar refractivity (Wildman–Crippen MR) is 151 cm³/mol. The van der Waals surface area contributed by atoms with E-state index in [-0.39, 0.29) is 18.2 Å². The molecule has 0 radical (unpaired) electrons. The molecule has 192 valence electrons. The second-order valence-corrected chi connectivity index (χ2v) is 9.60. The summed E-state index contributed by atoms with van der Waals surface area (Å²) in [5.74, 6) is 0.352. The van der Waals surface area contributed by atoms with Gasteiger partial charge in [0.25, 0.3) is 5.91 Å². The van der Waals surface area contributed by atoms with Crippen LogP contribution in [-0.4, -0.2) is 52.5 Å². The molecular formula is C29H30ClN3O3S. The molecule has 1 fully saturated rings. The fourth-order valence-corrected chi connectivity index (χ4v) is 4.85. The van der Waals surface area contributed by atoms with Gasteiger partial charge in [-0.3, -0.25) is 14.5 Å². The van der Waals surface area contributed by atoms with Crippen LogP contribution in [0, 0.1) is 0 Å². The highest BCUT2D eigenvalue weighted by Crippen LogP contribution is 2.24. The van der Waals surface area contributed by atoms with Gasteiger partial charge in [0.05, 0.1) is 13.0 Å². The zero-order valence-corrected chi connectivity index (χ0v) is 22.3. The molecule has 0 spiro atoms. The highest BCUT2D eigenvalue weighted by Gasteiger charge is 2.42. The molecular weight excluding hydrogens is 506 g/mol. The van der Waals surface area contributed by atoms with Crippen LogP contribution in [-0.2, 0) is 22.4 Å². The molecule has 3 aromatic rings. The fraction of sp³-hybridized carbons (Fsp3) is 0.276. The average Bonchev–Trinajstić information content (AvgIpc) is 3.12. The molecule has 0 saturated carbocycles. The number of hydrogen-bond acceptors (Lipinski definition) is 4. The first-order chi connectivity index (χ1) is 17.9. The Labute approximate surface area is 228 Å². The lowest BCUT2D eigenvalue weighted by atomic mass is 10.1. The first-order valence-corrected chi connectivity index (χ1v) is 13.2. The largest absolute Gasteiger partial charge is 0.494 e. The first-order valence-electron chi connectivity index (χ1n) is 12.4. The number of nitrogens with one attached hydrogen (secondary N) is 1. The van der Waals surface area contributed by atoms with Crippen LogP contribution in [0.15, 0.2) is 78.9 Å². The van der Waals surface area contributed by atoms with Gasteiger partial charge < -0.3 is 15.0 Å². The Hall–Kier alpha value is -3.42. The number of carbonyl (C=O) groups is 2. The van der Waals surface area contributed by atoms with E-state index >= 15 is 0 Å². The maximum atomic E-state index is 13.5. The molecule has 0 aromatic heterocycles. The van der Waals surface area contributed by atoms with Crippen LogP contribution in [0.4, 0.5) is 5.69 Å². The Balaban J connectivity index is 1.45. The summed E-state index contributed by atoms with van der Waals surface area (Å²) in [7, 11) is 0. The number of thiocarbonyl (C=S) groups is 1. The molecule has 1 aliphatic rings. The lowest BCUT2D eigenvalue weighted by molar-refractivity contribution is -0.130. The van der Waals surface area contributed by atoms with E-state index in [0.29, 0.717) is 48.4 Å². The van der Waals surface area contributed by atoms with Gasteiger partial charge in [0.15, 0.2) is 5.11 Å². The summed E-state index contributed by atoms with van der Waals surface area (Å²) < 4.78 is 5.46. The number of anilines is 1. The molecule has 3 aromatic carbocycles. The summed E-state index contributed by atoms with van der Waals surface area (Å²) in [6.45, 7) is 3.48. The highest BCUT2D eigenvalue weighted by molar-refractivity contribution is 7.80. The monoisotopic (exact) mass is 535 g/mol. The number of nitrogens with zero attached hydrogens (tertiary/aromatic N) is 2. The zero-order chi connectivity index (χ0) is 26.2. The minimum absolute atomic E-state index is 0.00857. The summed E-state index contributed by atoms with van der Waals surface area (Å²) >= 11 is 11.8. The van der Waals surface area contributed by atoms with E-state index in [9.17, 15) is 9.59 Å². The molecule has 1 saturated heterocycles. The highest BCUT2D eigenvalue weighted by atomic mass is 35.5. The molecule has 0 bridgehead atoms.